The normalized spacial score (nSPS) is 19.4. The summed E-state index contributed by atoms with van der Waals surface area (Å²) in [5, 5.41) is 5.48. The van der Waals surface area contributed by atoms with Crippen LogP contribution < -0.4 is 10.6 Å². The molecule has 1 aromatic carbocycles. The Hall–Kier alpha value is -2.01. The molecule has 0 radical (unpaired) electrons. The van der Waals surface area contributed by atoms with Crippen LogP contribution in [-0.4, -0.2) is 31.2 Å². The summed E-state index contributed by atoms with van der Waals surface area (Å²) in [7, 11) is 1.73. The van der Waals surface area contributed by atoms with Gasteiger partial charge in [-0.2, -0.15) is 4.99 Å². The van der Waals surface area contributed by atoms with E-state index in [0.29, 0.717) is 17.9 Å². The molecule has 0 saturated carbocycles. The molecule has 0 saturated heterocycles. The van der Waals surface area contributed by atoms with Gasteiger partial charge < -0.3 is 10.6 Å². The number of hydrogen-bond donors (Lipinski definition) is 2. The van der Waals surface area contributed by atoms with E-state index in [-0.39, 0.29) is 5.91 Å². The van der Waals surface area contributed by atoms with Crippen molar-refractivity contribution in [3.8, 4) is 0 Å². The Morgan fingerprint density at radius 1 is 1.28 bits per heavy atom. The van der Waals surface area contributed by atoms with Crippen molar-refractivity contribution >= 4 is 17.6 Å². The maximum atomic E-state index is 11.9. The molecule has 2 amide bonds. The average molecular weight is 245 g/mol. The Bertz CT molecular complexity index is 505. The smallest absolute Gasteiger partial charge is 0.264 e. The highest BCUT2D eigenvalue weighted by Gasteiger charge is 2.32. The Labute approximate surface area is 105 Å². The second-order valence-electron chi connectivity index (χ2n) is 4.26. The molecule has 1 heterocycles. The Balaban J connectivity index is 2.27. The second-order valence-corrected chi connectivity index (χ2v) is 4.26. The molecule has 2 N–H and O–H groups in total. The van der Waals surface area contributed by atoms with E-state index < -0.39 is 11.8 Å². The van der Waals surface area contributed by atoms with Crippen LogP contribution in [0.3, 0.4) is 0 Å². The van der Waals surface area contributed by atoms with Crippen LogP contribution in [0.15, 0.2) is 29.3 Å². The van der Waals surface area contributed by atoms with E-state index in [1.54, 1.807) is 19.2 Å². The SMILES string of the molecule is CNCC1=NC(=O)C(c2ccc(C)cc2)C(=O)N1. The highest BCUT2D eigenvalue weighted by Crippen LogP contribution is 2.20. The van der Waals surface area contributed by atoms with Gasteiger partial charge in [0.05, 0.1) is 6.54 Å². The Morgan fingerprint density at radius 2 is 1.94 bits per heavy atom. The molecule has 0 bridgehead atoms. The van der Waals surface area contributed by atoms with Gasteiger partial charge in [0.15, 0.2) is 0 Å². The van der Waals surface area contributed by atoms with Crippen LogP contribution in [0.2, 0.25) is 0 Å². The van der Waals surface area contributed by atoms with Crippen molar-refractivity contribution < 1.29 is 9.59 Å². The summed E-state index contributed by atoms with van der Waals surface area (Å²) in [6.45, 7) is 2.33. The first-order chi connectivity index (χ1) is 8.61. The molecule has 0 spiro atoms. The van der Waals surface area contributed by atoms with Gasteiger partial charge in [0.1, 0.15) is 11.8 Å². The van der Waals surface area contributed by atoms with Crippen molar-refractivity contribution in [1.29, 1.82) is 0 Å². The monoisotopic (exact) mass is 245 g/mol. The van der Waals surface area contributed by atoms with E-state index in [1.165, 1.54) is 0 Å². The molecule has 1 atom stereocenters. The van der Waals surface area contributed by atoms with E-state index in [1.807, 2.05) is 19.1 Å². The van der Waals surface area contributed by atoms with Crippen LogP contribution in [0.25, 0.3) is 0 Å². The van der Waals surface area contributed by atoms with Crippen molar-refractivity contribution in [1.82, 2.24) is 10.6 Å². The molecule has 0 aliphatic carbocycles. The van der Waals surface area contributed by atoms with Crippen molar-refractivity contribution in [2.75, 3.05) is 13.6 Å². The lowest BCUT2D eigenvalue weighted by Crippen LogP contribution is -2.46. The molecule has 1 aliphatic heterocycles. The first-order valence-corrected chi connectivity index (χ1v) is 5.75. The van der Waals surface area contributed by atoms with Crippen molar-refractivity contribution in [3.05, 3.63) is 35.4 Å². The van der Waals surface area contributed by atoms with E-state index in [2.05, 4.69) is 15.6 Å². The molecule has 5 nitrogen and oxygen atoms in total. The number of amidine groups is 1. The number of likely N-dealkylation sites (N-methyl/N-ethyl adjacent to an activating group) is 1. The Kier molecular flexibility index (Phi) is 3.53. The van der Waals surface area contributed by atoms with Gasteiger partial charge in [0.2, 0.25) is 5.91 Å². The van der Waals surface area contributed by atoms with Gasteiger partial charge in [0.25, 0.3) is 5.91 Å². The molecule has 2 rings (SSSR count). The number of nitrogens with one attached hydrogen (secondary N) is 2. The third kappa shape index (κ3) is 2.46. The van der Waals surface area contributed by atoms with Crippen LogP contribution in [0.5, 0.6) is 0 Å². The van der Waals surface area contributed by atoms with Gasteiger partial charge in [-0.1, -0.05) is 29.8 Å². The minimum Gasteiger partial charge on any atom is -0.313 e. The number of hydrogen-bond acceptors (Lipinski definition) is 3. The molecule has 5 heteroatoms. The lowest BCUT2D eigenvalue weighted by Gasteiger charge is -2.20. The number of amides is 2. The maximum absolute atomic E-state index is 11.9. The minimum absolute atomic E-state index is 0.316. The first kappa shape index (κ1) is 12.4. The lowest BCUT2D eigenvalue weighted by atomic mass is 9.95. The zero-order valence-corrected chi connectivity index (χ0v) is 10.4. The zero-order valence-electron chi connectivity index (χ0n) is 10.4. The third-order valence-corrected chi connectivity index (χ3v) is 2.78. The van der Waals surface area contributed by atoms with Gasteiger partial charge in [-0.05, 0) is 19.5 Å². The lowest BCUT2D eigenvalue weighted by molar-refractivity contribution is -0.129. The fraction of sp³-hybridized carbons (Fsp3) is 0.308. The zero-order chi connectivity index (χ0) is 13.1. The summed E-state index contributed by atoms with van der Waals surface area (Å²) >= 11 is 0. The molecule has 1 unspecified atom stereocenters. The minimum atomic E-state index is -0.828. The van der Waals surface area contributed by atoms with Crippen molar-refractivity contribution in [2.45, 2.75) is 12.8 Å². The fourth-order valence-corrected chi connectivity index (χ4v) is 1.86. The van der Waals surface area contributed by atoms with Crippen molar-refractivity contribution in [3.63, 3.8) is 0 Å². The van der Waals surface area contributed by atoms with Gasteiger partial charge in [-0.25, -0.2) is 0 Å². The largest absolute Gasteiger partial charge is 0.313 e. The standard InChI is InChI=1S/C13H15N3O2/c1-8-3-5-9(6-4-8)11-12(17)15-10(7-14-2)16-13(11)18/h3-6,11,14H,7H2,1-2H3,(H,15,16,17,18). The van der Waals surface area contributed by atoms with Crippen LogP contribution >= 0.6 is 0 Å². The number of aliphatic imine (C=N–C) groups is 1. The molecule has 1 aliphatic rings. The highest BCUT2D eigenvalue weighted by atomic mass is 16.2. The van der Waals surface area contributed by atoms with Gasteiger partial charge >= 0.3 is 0 Å². The fourth-order valence-electron chi connectivity index (χ4n) is 1.86. The van der Waals surface area contributed by atoms with E-state index >= 15 is 0 Å². The maximum Gasteiger partial charge on any atom is 0.264 e. The predicted molar refractivity (Wildman–Crippen MR) is 68.4 cm³/mol. The molecular formula is C13H15N3O2. The topological polar surface area (TPSA) is 70.6 Å². The molecule has 18 heavy (non-hydrogen) atoms. The van der Waals surface area contributed by atoms with Crippen LogP contribution in [0, 0.1) is 6.92 Å². The molecule has 94 valence electrons. The van der Waals surface area contributed by atoms with Gasteiger partial charge in [0, 0.05) is 0 Å². The van der Waals surface area contributed by atoms with Crippen LogP contribution in [0.1, 0.15) is 17.0 Å². The van der Waals surface area contributed by atoms with Crippen LogP contribution in [-0.2, 0) is 9.59 Å². The summed E-state index contributed by atoms with van der Waals surface area (Å²) < 4.78 is 0. The van der Waals surface area contributed by atoms with E-state index in [0.717, 1.165) is 5.56 Å². The number of carbonyl (C=O) groups is 2. The Morgan fingerprint density at radius 3 is 2.50 bits per heavy atom. The van der Waals surface area contributed by atoms with E-state index in [4.69, 9.17) is 0 Å². The number of benzene rings is 1. The van der Waals surface area contributed by atoms with Crippen LogP contribution in [0.4, 0.5) is 0 Å². The van der Waals surface area contributed by atoms with Gasteiger partial charge in [-0.3, -0.25) is 9.59 Å². The average Bonchev–Trinajstić information content (AvgIpc) is 2.31. The summed E-state index contributed by atoms with van der Waals surface area (Å²) in [6, 6.07) is 7.33. The summed E-state index contributed by atoms with van der Waals surface area (Å²) in [5.74, 6) is -1.18. The third-order valence-electron chi connectivity index (χ3n) is 2.78. The molecular weight excluding hydrogens is 230 g/mol. The van der Waals surface area contributed by atoms with Crippen molar-refractivity contribution in [2.24, 2.45) is 4.99 Å². The molecule has 0 aromatic heterocycles. The number of carbonyl (C=O) groups excluding carboxylic acids is 2. The summed E-state index contributed by atoms with van der Waals surface area (Å²) in [6.07, 6.45) is 0. The number of rotatable bonds is 3. The van der Waals surface area contributed by atoms with E-state index in [9.17, 15) is 9.59 Å². The second kappa shape index (κ2) is 5.10. The van der Waals surface area contributed by atoms with Gasteiger partial charge in [-0.15, -0.1) is 0 Å². The first-order valence-electron chi connectivity index (χ1n) is 5.75. The highest BCUT2D eigenvalue weighted by molar-refractivity contribution is 6.19. The number of nitrogens with zero attached hydrogens (tertiary/aromatic N) is 1. The number of aryl methyl sites for hydroxylation is 1. The predicted octanol–water partition coefficient (Wildman–Crippen LogP) is 0.353. The summed E-state index contributed by atoms with van der Waals surface area (Å²) in [5.41, 5.74) is 1.76. The summed E-state index contributed by atoms with van der Waals surface area (Å²) in [4.78, 5) is 27.7. The molecule has 1 aromatic rings. The molecule has 0 fully saturated rings. The quantitative estimate of drug-likeness (QED) is 0.755.